The third-order valence-electron chi connectivity index (χ3n) is 2.30. The van der Waals surface area contributed by atoms with Crippen molar-refractivity contribution in [2.75, 3.05) is 13.7 Å². The van der Waals surface area contributed by atoms with E-state index < -0.39 is 17.4 Å². The van der Waals surface area contributed by atoms with Crippen molar-refractivity contribution in [2.45, 2.75) is 47.5 Å². The van der Waals surface area contributed by atoms with E-state index in [9.17, 15) is 14.9 Å². The van der Waals surface area contributed by atoms with Gasteiger partial charge in [0.2, 0.25) is 0 Å². The lowest BCUT2D eigenvalue weighted by Gasteiger charge is -2.24. The molecule has 0 saturated heterocycles. The molecule has 0 N–H and O–H groups in total. The Hall–Kier alpha value is -1.57. The van der Waals surface area contributed by atoms with Gasteiger partial charge in [-0.05, 0) is 19.3 Å². The quantitative estimate of drug-likeness (QED) is 0.694. The van der Waals surface area contributed by atoms with Gasteiger partial charge in [-0.2, -0.15) is 5.26 Å². The molecule has 0 aliphatic heterocycles. The van der Waals surface area contributed by atoms with Crippen LogP contribution in [0.1, 0.15) is 47.5 Å². The number of rotatable bonds is 6. The first-order valence-electron chi connectivity index (χ1n) is 6.57. The molecular weight excluding hydrogens is 246 g/mol. The maximum absolute atomic E-state index is 11.7. The predicted molar refractivity (Wildman–Crippen MR) is 72.1 cm³/mol. The Bertz CT molecular complexity index is 320. The third kappa shape index (κ3) is 6.80. The molecule has 1 atom stereocenters. The summed E-state index contributed by atoms with van der Waals surface area (Å²) in [5, 5.41) is 9.19. The largest absolute Gasteiger partial charge is 0.468 e. The Morgan fingerprint density at radius 3 is 2.16 bits per heavy atom. The maximum atomic E-state index is 11.7. The lowest BCUT2D eigenvalue weighted by molar-refractivity contribution is -0.157. The Morgan fingerprint density at radius 2 is 1.84 bits per heavy atom. The summed E-state index contributed by atoms with van der Waals surface area (Å²) in [7, 11) is 1.21. The van der Waals surface area contributed by atoms with Gasteiger partial charge in [0, 0.05) is 0 Å². The van der Waals surface area contributed by atoms with Crippen LogP contribution in [0.3, 0.4) is 0 Å². The van der Waals surface area contributed by atoms with Crippen molar-refractivity contribution in [2.24, 2.45) is 11.3 Å². The van der Waals surface area contributed by atoms with Crippen LogP contribution in [-0.4, -0.2) is 25.7 Å². The molecule has 0 heterocycles. The van der Waals surface area contributed by atoms with Crippen LogP contribution in [0.4, 0.5) is 0 Å². The van der Waals surface area contributed by atoms with Gasteiger partial charge in [-0.3, -0.25) is 9.59 Å². The van der Waals surface area contributed by atoms with Gasteiger partial charge in [0.05, 0.1) is 26.2 Å². The molecule has 5 nitrogen and oxygen atoms in total. The maximum Gasteiger partial charge on any atom is 0.326 e. The third-order valence-corrected chi connectivity index (χ3v) is 2.30. The fourth-order valence-electron chi connectivity index (χ4n) is 1.71. The fourth-order valence-corrected chi connectivity index (χ4v) is 1.71. The number of nitrogens with zero attached hydrogens (tertiary/aromatic N) is 1. The molecule has 0 aromatic heterocycles. The SMILES string of the molecule is CC.CCOC(=O)CC(C#N)(CC(C)C)C(=O)OC. The van der Waals surface area contributed by atoms with Crippen molar-refractivity contribution >= 4 is 11.9 Å². The van der Waals surface area contributed by atoms with E-state index in [4.69, 9.17) is 4.74 Å². The highest BCUT2D eigenvalue weighted by Gasteiger charge is 2.43. The number of esters is 2. The van der Waals surface area contributed by atoms with Crippen LogP contribution in [0.5, 0.6) is 0 Å². The van der Waals surface area contributed by atoms with Gasteiger partial charge in [0.15, 0.2) is 5.41 Å². The van der Waals surface area contributed by atoms with Gasteiger partial charge in [0.25, 0.3) is 0 Å². The zero-order valence-corrected chi connectivity index (χ0v) is 12.8. The number of nitriles is 1. The number of hydrogen-bond donors (Lipinski definition) is 0. The van der Waals surface area contributed by atoms with E-state index in [1.807, 2.05) is 33.8 Å². The molecule has 5 heteroatoms. The number of carbonyl (C=O) groups is 2. The lowest BCUT2D eigenvalue weighted by Crippen LogP contribution is -2.35. The zero-order chi connectivity index (χ0) is 15.5. The van der Waals surface area contributed by atoms with E-state index in [0.717, 1.165) is 0 Å². The van der Waals surface area contributed by atoms with E-state index >= 15 is 0 Å². The summed E-state index contributed by atoms with van der Waals surface area (Å²) >= 11 is 0. The second-order valence-electron chi connectivity index (χ2n) is 4.27. The number of methoxy groups -OCH3 is 1. The van der Waals surface area contributed by atoms with E-state index in [1.165, 1.54) is 7.11 Å². The Morgan fingerprint density at radius 1 is 1.32 bits per heavy atom. The molecule has 0 aromatic rings. The minimum absolute atomic E-state index is 0.100. The van der Waals surface area contributed by atoms with Crippen molar-refractivity contribution in [3.05, 3.63) is 0 Å². The van der Waals surface area contributed by atoms with Crippen molar-refractivity contribution in [1.82, 2.24) is 0 Å². The number of carbonyl (C=O) groups excluding carboxylic acids is 2. The average Bonchev–Trinajstić information content (AvgIpc) is 2.38. The van der Waals surface area contributed by atoms with E-state index in [-0.39, 0.29) is 25.4 Å². The molecule has 0 aromatic carbocycles. The normalized spacial score (nSPS) is 12.5. The number of hydrogen-bond acceptors (Lipinski definition) is 5. The molecule has 0 aliphatic rings. The van der Waals surface area contributed by atoms with Crippen LogP contribution in [0, 0.1) is 22.7 Å². The molecule has 19 heavy (non-hydrogen) atoms. The van der Waals surface area contributed by atoms with Crippen LogP contribution in [0.25, 0.3) is 0 Å². The standard InChI is InChI=1S/C12H19NO4.C2H6/c1-5-17-10(14)7-12(8-13,6-9(2)3)11(15)16-4;1-2/h9H,5-7H2,1-4H3;1-2H3. The summed E-state index contributed by atoms with van der Waals surface area (Å²) in [6.07, 6.45) is 0.0111. The summed E-state index contributed by atoms with van der Waals surface area (Å²) in [6, 6.07) is 1.91. The summed E-state index contributed by atoms with van der Waals surface area (Å²) in [4.78, 5) is 23.1. The molecule has 0 amide bonds. The van der Waals surface area contributed by atoms with Crippen molar-refractivity contribution < 1.29 is 19.1 Å². The van der Waals surface area contributed by atoms with Crippen LogP contribution in [0.2, 0.25) is 0 Å². The van der Waals surface area contributed by atoms with Gasteiger partial charge in [-0.15, -0.1) is 0 Å². The summed E-state index contributed by atoms with van der Waals surface area (Å²) in [5.74, 6) is -1.13. The zero-order valence-electron chi connectivity index (χ0n) is 12.8. The second-order valence-corrected chi connectivity index (χ2v) is 4.27. The fraction of sp³-hybridized carbons (Fsp3) is 0.786. The van der Waals surface area contributed by atoms with Crippen LogP contribution >= 0.6 is 0 Å². The minimum Gasteiger partial charge on any atom is -0.468 e. The van der Waals surface area contributed by atoms with E-state index in [0.29, 0.717) is 0 Å². The van der Waals surface area contributed by atoms with Crippen LogP contribution in [-0.2, 0) is 19.1 Å². The summed E-state index contributed by atoms with van der Waals surface area (Å²) < 4.78 is 9.39. The van der Waals surface area contributed by atoms with Crippen molar-refractivity contribution in [3.63, 3.8) is 0 Å². The van der Waals surface area contributed by atoms with Crippen LogP contribution < -0.4 is 0 Å². The number of ether oxygens (including phenoxy) is 2. The molecule has 0 fully saturated rings. The highest BCUT2D eigenvalue weighted by molar-refractivity contribution is 5.86. The summed E-state index contributed by atoms with van der Waals surface area (Å²) in [6.45, 7) is 9.65. The highest BCUT2D eigenvalue weighted by atomic mass is 16.5. The second kappa shape index (κ2) is 10.4. The molecule has 1 unspecified atom stereocenters. The molecular formula is C14H25NO4. The van der Waals surface area contributed by atoms with Gasteiger partial charge in [-0.1, -0.05) is 27.7 Å². The Labute approximate surface area is 115 Å². The first kappa shape index (κ1) is 19.8. The van der Waals surface area contributed by atoms with E-state index in [2.05, 4.69) is 4.74 Å². The monoisotopic (exact) mass is 271 g/mol. The molecule has 0 saturated carbocycles. The Kier molecular flexibility index (Phi) is 10.8. The molecule has 0 radical (unpaired) electrons. The van der Waals surface area contributed by atoms with Crippen molar-refractivity contribution in [1.29, 1.82) is 5.26 Å². The smallest absolute Gasteiger partial charge is 0.326 e. The molecule has 110 valence electrons. The first-order chi connectivity index (χ1) is 8.91. The molecule has 0 spiro atoms. The molecule has 0 rings (SSSR count). The molecule has 0 aliphatic carbocycles. The van der Waals surface area contributed by atoms with Crippen LogP contribution in [0.15, 0.2) is 0 Å². The first-order valence-corrected chi connectivity index (χ1v) is 6.57. The predicted octanol–water partition coefficient (Wildman–Crippen LogP) is 2.69. The highest BCUT2D eigenvalue weighted by Crippen LogP contribution is 2.31. The van der Waals surface area contributed by atoms with Crippen molar-refractivity contribution in [3.8, 4) is 6.07 Å². The summed E-state index contributed by atoms with van der Waals surface area (Å²) in [5.41, 5.74) is -1.44. The molecule has 0 bridgehead atoms. The van der Waals surface area contributed by atoms with Gasteiger partial charge in [-0.25, -0.2) is 0 Å². The Balaban J connectivity index is 0. The minimum atomic E-state index is -1.44. The van der Waals surface area contributed by atoms with E-state index in [1.54, 1.807) is 6.92 Å². The van der Waals surface area contributed by atoms with Gasteiger partial charge >= 0.3 is 11.9 Å². The van der Waals surface area contributed by atoms with Gasteiger partial charge in [0.1, 0.15) is 0 Å². The average molecular weight is 271 g/mol. The lowest BCUT2D eigenvalue weighted by atomic mass is 9.78. The topological polar surface area (TPSA) is 76.4 Å². The van der Waals surface area contributed by atoms with Gasteiger partial charge < -0.3 is 9.47 Å².